The van der Waals surface area contributed by atoms with E-state index in [1.807, 2.05) is 13.1 Å². The van der Waals surface area contributed by atoms with Crippen LogP contribution in [0.15, 0.2) is 65.7 Å². The fourth-order valence-corrected chi connectivity index (χ4v) is 4.94. The Bertz CT molecular complexity index is 1220. The van der Waals surface area contributed by atoms with Gasteiger partial charge in [-0.25, -0.2) is 12.4 Å². The van der Waals surface area contributed by atoms with Crippen molar-refractivity contribution < 1.29 is 26.3 Å². The zero-order valence-electron chi connectivity index (χ0n) is 16.1. The summed E-state index contributed by atoms with van der Waals surface area (Å²) in [6.07, 6.45) is -0.721. The van der Waals surface area contributed by atoms with Crippen molar-refractivity contribution in [2.75, 3.05) is 20.1 Å². The molecule has 0 fully saturated rings. The van der Waals surface area contributed by atoms with Crippen LogP contribution in [0.5, 0.6) is 5.75 Å². The van der Waals surface area contributed by atoms with Gasteiger partial charge in [0.2, 0.25) is 0 Å². The molecule has 9 heteroatoms. The molecule has 0 amide bonds. The summed E-state index contributed by atoms with van der Waals surface area (Å²) in [6.45, 7) is 1.44. The fourth-order valence-electron chi connectivity index (χ4n) is 3.55. The lowest BCUT2D eigenvalue weighted by Gasteiger charge is -2.21. The van der Waals surface area contributed by atoms with Gasteiger partial charge in [-0.15, -0.1) is 13.2 Å². The highest BCUT2D eigenvalue weighted by molar-refractivity contribution is 7.90. The quantitative estimate of drug-likeness (QED) is 0.605. The van der Waals surface area contributed by atoms with Crippen molar-refractivity contribution in [1.82, 2.24) is 8.87 Å². The van der Waals surface area contributed by atoms with E-state index >= 15 is 0 Å². The summed E-state index contributed by atoms with van der Waals surface area (Å²) in [6, 6.07) is 11.6. The number of aromatic nitrogens is 1. The number of alkyl halides is 3. The standard InChI is InChI=1S/C21H19F3N2O3S/c1-25-11-9-15(10-12-25)19-14-26(30(27,28)17-5-3-2-4-6-17)20-8-7-16(13-18(19)20)29-21(22,23)24/h2-9,13-14H,10-12H2,1H3. The molecule has 0 radical (unpaired) electrons. The third-order valence-electron chi connectivity index (χ3n) is 5.03. The summed E-state index contributed by atoms with van der Waals surface area (Å²) in [7, 11) is -1.96. The Labute approximate surface area is 172 Å². The van der Waals surface area contributed by atoms with Crippen molar-refractivity contribution in [3.8, 4) is 5.75 Å². The second-order valence-electron chi connectivity index (χ2n) is 7.13. The van der Waals surface area contributed by atoms with Gasteiger partial charge in [-0.2, -0.15) is 0 Å². The summed E-state index contributed by atoms with van der Waals surface area (Å²) in [4.78, 5) is 2.20. The Morgan fingerprint density at radius 1 is 1.07 bits per heavy atom. The van der Waals surface area contributed by atoms with E-state index in [-0.39, 0.29) is 10.6 Å². The molecule has 2 heterocycles. The second kappa shape index (κ2) is 7.48. The number of ether oxygens (including phenoxy) is 1. The highest BCUT2D eigenvalue weighted by Gasteiger charge is 2.32. The summed E-state index contributed by atoms with van der Waals surface area (Å²) >= 11 is 0. The number of halogens is 3. The summed E-state index contributed by atoms with van der Waals surface area (Å²) in [5.41, 5.74) is 1.78. The minimum atomic E-state index is -4.83. The van der Waals surface area contributed by atoms with Gasteiger partial charge in [0, 0.05) is 30.2 Å². The van der Waals surface area contributed by atoms with E-state index in [0.29, 0.717) is 29.4 Å². The van der Waals surface area contributed by atoms with Gasteiger partial charge in [0.15, 0.2) is 0 Å². The van der Waals surface area contributed by atoms with Crippen LogP contribution in [0.3, 0.4) is 0 Å². The van der Waals surface area contributed by atoms with Gasteiger partial charge in [0.1, 0.15) is 5.75 Å². The molecule has 0 aliphatic carbocycles. The van der Waals surface area contributed by atoms with Crippen LogP contribution < -0.4 is 4.74 Å². The maximum absolute atomic E-state index is 13.2. The van der Waals surface area contributed by atoms with Crippen LogP contribution in [0.25, 0.3) is 16.5 Å². The van der Waals surface area contributed by atoms with Crippen molar-refractivity contribution in [2.45, 2.75) is 17.7 Å². The van der Waals surface area contributed by atoms with E-state index < -0.39 is 16.4 Å². The second-order valence-corrected chi connectivity index (χ2v) is 8.94. The van der Waals surface area contributed by atoms with Crippen LogP contribution in [-0.4, -0.2) is 43.8 Å². The lowest BCUT2D eigenvalue weighted by Crippen LogP contribution is -2.23. The zero-order valence-corrected chi connectivity index (χ0v) is 16.9. The van der Waals surface area contributed by atoms with Gasteiger partial charge in [0.05, 0.1) is 10.4 Å². The predicted molar refractivity (Wildman–Crippen MR) is 108 cm³/mol. The monoisotopic (exact) mass is 436 g/mol. The van der Waals surface area contributed by atoms with Gasteiger partial charge in [-0.05, 0) is 49.4 Å². The average Bonchev–Trinajstić information content (AvgIpc) is 3.08. The van der Waals surface area contributed by atoms with E-state index in [0.717, 1.165) is 22.2 Å². The van der Waals surface area contributed by atoms with E-state index in [2.05, 4.69) is 9.64 Å². The molecule has 5 nitrogen and oxygen atoms in total. The third-order valence-corrected chi connectivity index (χ3v) is 6.72. The van der Waals surface area contributed by atoms with Crippen molar-refractivity contribution >= 4 is 26.5 Å². The molecule has 1 aliphatic heterocycles. The van der Waals surface area contributed by atoms with Gasteiger partial charge in [0.25, 0.3) is 10.0 Å². The molecular formula is C21H19F3N2O3S. The zero-order chi connectivity index (χ0) is 21.5. The number of rotatable bonds is 4. The van der Waals surface area contributed by atoms with Crippen molar-refractivity contribution in [1.29, 1.82) is 0 Å². The molecule has 3 aromatic rings. The number of nitrogens with zero attached hydrogens (tertiary/aromatic N) is 2. The highest BCUT2D eigenvalue weighted by atomic mass is 32.2. The Kier molecular flexibility index (Phi) is 5.11. The molecule has 0 N–H and O–H groups in total. The third kappa shape index (κ3) is 3.95. The first-order chi connectivity index (χ1) is 14.1. The maximum atomic E-state index is 13.2. The van der Waals surface area contributed by atoms with Crippen LogP contribution in [0.4, 0.5) is 13.2 Å². The molecule has 0 spiro atoms. The molecule has 158 valence electrons. The molecule has 1 aliphatic rings. The molecule has 0 saturated heterocycles. The Hall–Kier alpha value is -2.78. The van der Waals surface area contributed by atoms with E-state index in [4.69, 9.17) is 0 Å². The summed E-state index contributed by atoms with van der Waals surface area (Å²) in [5, 5.41) is 0.395. The SMILES string of the molecule is CN1CC=C(c2cn(S(=O)(=O)c3ccccc3)c3ccc(OC(F)(F)F)cc23)CC1. The minimum absolute atomic E-state index is 0.0985. The first-order valence-electron chi connectivity index (χ1n) is 9.24. The number of likely N-dealkylation sites (N-methyl/N-ethyl adjacent to an activating group) is 1. The van der Waals surface area contributed by atoms with E-state index in [1.54, 1.807) is 18.2 Å². The van der Waals surface area contributed by atoms with E-state index in [1.165, 1.54) is 30.5 Å². The number of benzene rings is 2. The molecule has 0 saturated carbocycles. The van der Waals surface area contributed by atoms with Crippen LogP contribution in [0, 0.1) is 0 Å². The van der Waals surface area contributed by atoms with Gasteiger partial charge >= 0.3 is 6.36 Å². The number of hydrogen-bond donors (Lipinski definition) is 0. The largest absolute Gasteiger partial charge is 0.573 e. The average molecular weight is 436 g/mol. The van der Waals surface area contributed by atoms with Crippen molar-refractivity contribution in [3.05, 3.63) is 66.4 Å². The molecule has 30 heavy (non-hydrogen) atoms. The van der Waals surface area contributed by atoms with Crippen molar-refractivity contribution in [3.63, 3.8) is 0 Å². The minimum Gasteiger partial charge on any atom is -0.406 e. The molecule has 2 aromatic carbocycles. The fraction of sp³-hybridized carbons (Fsp3) is 0.238. The molecule has 0 unspecified atom stereocenters. The summed E-state index contributed by atoms with van der Waals surface area (Å²) in [5.74, 6) is -0.389. The smallest absolute Gasteiger partial charge is 0.406 e. The normalized spacial score (nSPS) is 15.9. The molecular weight excluding hydrogens is 417 g/mol. The van der Waals surface area contributed by atoms with Crippen LogP contribution in [0.1, 0.15) is 12.0 Å². The topological polar surface area (TPSA) is 51.5 Å². The first kappa shape index (κ1) is 20.5. The lowest BCUT2D eigenvalue weighted by atomic mass is 9.99. The van der Waals surface area contributed by atoms with Crippen LogP contribution in [-0.2, 0) is 10.0 Å². The van der Waals surface area contributed by atoms with Gasteiger partial charge in [-0.1, -0.05) is 24.3 Å². The van der Waals surface area contributed by atoms with Crippen LogP contribution >= 0.6 is 0 Å². The number of fused-ring (bicyclic) bond motifs is 1. The van der Waals surface area contributed by atoms with Gasteiger partial charge in [-0.3, -0.25) is 0 Å². The highest BCUT2D eigenvalue weighted by Crippen LogP contribution is 2.36. The van der Waals surface area contributed by atoms with Crippen LogP contribution in [0.2, 0.25) is 0 Å². The Balaban J connectivity index is 1.92. The van der Waals surface area contributed by atoms with E-state index in [9.17, 15) is 21.6 Å². The maximum Gasteiger partial charge on any atom is 0.573 e. The molecule has 0 atom stereocenters. The number of hydrogen-bond acceptors (Lipinski definition) is 4. The Morgan fingerprint density at radius 2 is 1.80 bits per heavy atom. The summed E-state index contributed by atoms with van der Waals surface area (Å²) < 4.78 is 69.8. The molecule has 4 rings (SSSR count). The van der Waals surface area contributed by atoms with Gasteiger partial charge < -0.3 is 9.64 Å². The molecule has 1 aromatic heterocycles. The Morgan fingerprint density at radius 3 is 2.43 bits per heavy atom. The lowest BCUT2D eigenvalue weighted by molar-refractivity contribution is -0.274. The van der Waals surface area contributed by atoms with Crippen molar-refractivity contribution in [2.24, 2.45) is 0 Å². The molecule has 0 bridgehead atoms. The first-order valence-corrected chi connectivity index (χ1v) is 10.7. The predicted octanol–water partition coefficient (Wildman–Crippen LogP) is 4.50.